The molecule has 0 saturated heterocycles. The first-order chi connectivity index (χ1) is 14.7. The minimum Gasteiger partial charge on any atom is -0.503 e. The number of pyridine rings is 1. The third-order valence-corrected chi connectivity index (χ3v) is 4.05. The summed E-state index contributed by atoms with van der Waals surface area (Å²) in [6.07, 6.45) is 2.84. The zero-order chi connectivity index (χ0) is 21.3. The minimum atomic E-state index is -0.576. The highest BCUT2D eigenvalue weighted by Gasteiger charge is 2.20. The molecular weight excluding hydrogens is 386 g/mol. The van der Waals surface area contributed by atoms with Crippen molar-refractivity contribution in [1.29, 1.82) is 0 Å². The summed E-state index contributed by atoms with van der Waals surface area (Å²) in [4.78, 5) is 16.5. The molecule has 0 aliphatic heterocycles. The molecule has 0 aliphatic rings. The summed E-state index contributed by atoms with van der Waals surface area (Å²) in [5.41, 5.74) is 0.588. The van der Waals surface area contributed by atoms with Crippen LogP contribution in [0.15, 0.2) is 73.1 Å². The third-order valence-electron chi connectivity index (χ3n) is 4.05. The van der Waals surface area contributed by atoms with Gasteiger partial charge in [0.15, 0.2) is 23.0 Å². The highest BCUT2D eigenvalue weighted by atomic mass is 16.5. The summed E-state index contributed by atoms with van der Waals surface area (Å²) in [5, 5.41) is 0. The van der Waals surface area contributed by atoms with E-state index in [-0.39, 0.29) is 11.5 Å². The van der Waals surface area contributed by atoms with E-state index in [1.807, 2.05) is 18.2 Å². The molecule has 0 bridgehead atoms. The van der Waals surface area contributed by atoms with E-state index in [9.17, 15) is 4.79 Å². The Morgan fingerprint density at radius 1 is 0.800 bits per heavy atom. The van der Waals surface area contributed by atoms with Gasteiger partial charge in [-0.05, 0) is 36.4 Å². The van der Waals surface area contributed by atoms with Gasteiger partial charge in [0, 0.05) is 6.20 Å². The van der Waals surface area contributed by atoms with Gasteiger partial charge in [-0.25, -0.2) is 9.78 Å². The van der Waals surface area contributed by atoms with Crippen molar-refractivity contribution in [2.45, 2.75) is 0 Å². The summed E-state index contributed by atoms with van der Waals surface area (Å²) in [7, 11) is 4.30. The molecule has 1 aromatic heterocycles. The lowest BCUT2D eigenvalue weighted by Gasteiger charge is -2.15. The van der Waals surface area contributed by atoms with Gasteiger partial charge >= 0.3 is 5.97 Å². The summed E-state index contributed by atoms with van der Waals surface area (Å²) < 4.78 is 27.3. The molecule has 1 heterocycles. The first-order valence-corrected chi connectivity index (χ1v) is 9.02. The summed E-state index contributed by atoms with van der Waals surface area (Å²) in [6.45, 7) is 0. The van der Waals surface area contributed by atoms with Crippen LogP contribution in [0.3, 0.4) is 0 Å². The molecule has 0 fully saturated rings. The second-order valence-corrected chi connectivity index (χ2v) is 5.92. The van der Waals surface area contributed by atoms with Gasteiger partial charge in [0.2, 0.25) is 5.88 Å². The lowest BCUT2D eigenvalue weighted by atomic mass is 10.1. The fourth-order valence-electron chi connectivity index (χ4n) is 2.67. The standard InChI is InChI=1S/C23H21NO6/c1-26-15-17(23(25)28-3)16-9-8-14-24-22(16)30-21-13-7-6-12-20(21)29-19-11-5-4-10-18(19)27-2/h4-15H,1-3H3/b17-15-. The van der Waals surface area contributed by atoms with Gasteiger partial charge < -0.3 is 23.7 Å². The molecule has 7 nitrogen and oxygen atoms in total. The van der Waals surface area contributed by atoms with E-state index in [2.05, 4.69) is 4.98 Å². The van der Waals surface area contributed by atoms with E-state index in [1.54, 1.807) is 55.8 Å². The number of para-hydroxylation sites is 4. The smallest absolute Gasteiger partial charge is 0.341 e. The van der Waals surface area contributed by atoms with E-state index in [1.165, 1.54) is 20.5 Å². The molecule has 0 saturated carbocycles. The quantitative estimate of drug-likeness (QED) is 0.301. The Hall–Kier alpha value is -4.00. The van der Waals surface area contributed by atoms with Crippen molar-refractivity contribution in [3.63, 3.8) is 0 Å². The second-order valence-electron chi connectivity index (χ2n) is 5.92. The van der Waals surface area contributed by atoms with Crippen molar-refractivity contribution in [3.05, 3.63) is 78.7 Å². The predicted octanol–water partition coefficient (Wildman–Crippen LogP) is 4.84. The van der Waals surface area contributed by atoms with Gasteiger partial charge in [-0.15, -0.1) is 0 Å². The van der Waals surface area contributed by atoms with Crippen LogP contribution < -0.4 is 14.2 Å². The van der Waals surface area contributed by atoms with Crippen molar-refractivity contribution in [2.75, 3.05) is 21.3 Å². The average molecular weight is 407 g/mol. The number of carbonyl (C=O) groups excluding carboxylic acids is 1. The van der Waals surface area contributed by atoms with Crippen LogP contribution in [0.1, 0.15) is 5.56 Å². The molecule has 0 radical (unpaired) electrons. The number of benzene rings is 2. The van der Waals surface area contributed by atoms with Crippen LogP contribution in [0.5, 0.6) is 28.9 Å². The fraction of sp³-hybridized carbons (Fsp3) is 0.130. The molecule has 2 aromatic carbocycles. The minimum absolute atomic E-state index is 0.172. The fourth-order valence-corrected chi connectivity index (χ4v) is 2.67. The zero-order valence-corrected chi connectivity index (χ0v) is 16.8. The molecule has 30 heavy (non-hydrogen) atoms. The summed E-state index contributed by atoms with van der Waals surface area (Å²) in [5.74, 6) is 1.60. The van der Waals surface area contributed by atoms with Crippen molar-refractivity contribution < 1.29 is 28.5 Å². The van der Waals surface area contributed by atoms with Gasteiger partial charge in [0.25, 0.3) is 0 Å². The monoisotopic (exact) mass is 407 g/mol. The number of nitrogens with zero attached hydrogens (tertiary/aromatic N) is 1. The van der Waals surface area contributed by atoms with Crippen LogP contribution in [0, 0.1) is 0 Å². The Bertz CT molecular complexity index is 1050. The van der Waals surface area contributed by atoms with Gasteiger partial charge in [0.05, 0.1) is 33.2 Å². The predicted molar refractivity (Wildman–Crippen MR) is 111 cm³/mol. The average Bonchev–Trinajstić information content (AvgIpc) is 2.79. The van der Waals surface area contributed by atoms with Crippen LogP contribution in [-0.4, -0.2) is 32.3 Å². The topological polar surface area (TPSA) is 76.1 Å². The molecule has 0 aliphatic carbocycles. The molecule has 7 heteroatoms. The Morgan fingerprint density at radius 2 is 1.40 bits per heavy atom. The van der Waals surface area contributed by atoms with Crippen molar-refractivity contribution in [3.8, 4) is 28.9 Å². The Labute approximate surface area is 174 Å². The number of carbonyl (C=O) groups is 1. The van der Waals surface area contributed by atoms with E-state index in [4.69, 9.17) is 23.7 Å². The highest BCUT2D eigenvalue weighted by Crippen LogP contribution is 2.39. The van der Waals surface area contributed by atoms with E-state index < -0.39 is 5.97 Å². The summed E-state index contributed by atoms with van der Waals surface area (Å²) in [6, 6.07) is 17.8. The molecular formula is C23H21NO6. The molecule has 0 amide bonds. The maximum absolute atomic E-state index is 12.2. The number of methoxy groups -OCH3 is 3. The van der Waals surface area contributed by atoms with Crippen LogP contribution in [0.4, 0.5) is 0 Å². The van der Waals surface area contributed by atoms with Crippen LogP contribution >= 0.6 is 0 Å². The van der Waals surface area contributed by atoms with Gasteiger partial charge in [-0.1, -0.05) is 24.3 Å². The number of hydrogen-bond acceptors (Lipinski definition) is 7. The van der Waals surface area contributed by atoms with Crippen molar-refractivity contribution >= 4 is 11.5 Å². The Balaban J connectivity index is 1.97. The lowest BCUT2D eigenvalue weighted by Crippen LogP contribution is -2.06. The Kier molecular flexibility index (Phi) is 6.89. The molecule has 154 valence electrons. The largest absolute Gasteiger partial charge is 0.503 e. The zero-order valence-electron chi connectivity index (χ0n) is 16.8. The number of rotatable bonds is 8. The molecule has 3 aromatic rings. The normalized spacial score (nSPS) is 10.8. The summed E-state index contributed by atoms with van der Waals surface area (Å²) >= 11 is 0. The maximum atomic E-state index is 12.2. The van der Waals surface area contributed by atoms with Crippen LogP contribution in [0.2, 0.25) is 0 Å². The van der Waals surface area contributed by atoms with Gasteiger partial charge in [-0.3, -0.25) is 0 Å². The molecule has 0 atom stereocenters. The maximum Gasteiger partial charge on any atom is 0.341 e. The number of esters is 1. The lowest BCUT2D eigenvalue weighted by molar-refractivity contribution is -0.133. The first-order valence-electron chi connectivity index (χ1n) is 9.02. The van der Waals surface area contributed by atoms with Crippen LogP contribution in [-0.2, 0) is 14.3 Å². The molecule has 0 N–H and O–H groups in total. The molecule has 0 unspecified atom stereocenters. The third kappa shape index (κ3) is 4.70. The van der Waals surface area contributed by atoms with Crippen molar-refractivity contribution in [2.24, 2.45) is 0 Å². The van der Waals surface area contributed by atoms with E-state index in [0.29, 0.717) is 28.6 Å². The second kappa shape index (κ2) is 9.97. The first kappa shape index (κ1) is 20.7. The van der Waals surface area contributed by atoms with E-state index in [0.717, 1.165) is 0 Å². The van der Waals surface area contributed by atoms with Crippen molar-refractivity contribution in [1.82, 2.24) is 4.98 Å². The number of hydrogen-bond donors (Lipinski definition) is 0. The van der Waals surface area contributed by atoms with E-state index >= 15 is 0 Å². The van der Waals surface area contributed by atoms with Crippen LogP contribution in [0.25, 0.3) is 5.57 Å². The number of ether oxygens (including phenoxy) is 5. The molecule has 0 spiro atoms. The van der Waals surface area contributed by atoms with Gasteiger partial charge in [-0.2, -0.15) is 0 Å². The SMILES string of the molecule is CO/C=C(\C(=O)OC)c1cccnc1Oc1ccccc1Oc1ccccc1OC. The van der Waals surface area contributed by atoms with Gasteiger partial charge in [0.1, 0.15) is 5.57 Å². The highest BCUT2D eigenvalue weighted by molar-refractivity contribution is 6.16. The Morgan fingerprint density at radius 3 is 2.00 bits per heavy atom. The molecule has 3 rings (SSSR count). The number of aromatic nitrogens is 1.